The van der Waals surface area contributed by atoms with Gasteiger partial charge in [-0.05, 0) is 50.3 Å². The molecule has 0 saturated heterocycles. The first-order valence-corrected chi connectivity index (χ1v) is 12.0. The highest BCUT2D eigenvalue weighted by Crippen LogP contribution is 2.37. The highest BCUT2D eigenvalue weighted by Gasteiger charge is 2.23. The van der Waals surface area contributed by atoms with Crippen LogP contribution in [0.5, 0.6) is 11.5 Å². The Bertz CT molecular complexity index is 1580. The molecule has 1 heterocycles. The molecule has 6 nitrogen and oxygen atoms in total. The molecule has 1 aromatic heterocycles. The number of nitrogens with zero attached hydrogens (tertiary/aromatic N) is 2. The molecule has 3 aromatic carbocycles. The van der Waals surface area contributed by atoms with E-state index in [1.165, 1.54) is 42.8 Å². The number of hydrogen-bond acceptors (Lipinski definition) is 5. The van der Waals surface area contributed by atoms with Crippen molar-refractivity contribution in [3.05, 3.63) is 95.4 Å². The Hall–Kier alpha value is -4.16. The SMILES string of the molecule is CCOC=Cc1c(Oc2ccc(F)c(C#N)c2)c(F)cc2c1ccn2S(=O)(=O)c1ccc(C)cc1. The van der Waals surface area contributed by atoms with Gasteiger partial charge in [-0.2, -0.15) is 5.26 Å². The zero-order valence-electron chi connectivity index (χ0n) is 18.8. The summed E-state index contributed by atoms with van der Waals surface area (Å²) >= 11 is 0. The van der Waals surface area contributed by atoms with Crippen molar-refractivity contribution >= 4 is 27.0 Å². The van der Waals surface area contributed by atoms with Crippen LogP contribution in [0.4, 0.5) is 8.78 Å². The Kier molecular flexibility index (Phi) is 6.58. The van der Waals surface area contributed by atoms with Crippen molar-refractivity contribution in [2.75, 3.05) is 6.61 Å². The van der Waals surface area contributed by atoms with E-state index < -0.39 is 21.7 Å². The van der Waals surface area contributed by atoms with Crippen LogP contribution in [0.15, 0.2) is 72.0 Å². The summed E-state index contributed by atoms with van der Waals surface area (Å²) in [6.07, 6.45) is 4.15. The number of benzene rings is 3. The maximum absolute atomic E-state index is 15.4. The number of hydrogen-bond donors (Lipinski definition) is 0. The molecule has 0 amide bonds. The van der Waals surface area contributed by atoms with E-state index in [-0.39, 0.29) is 33.0 Å². The van der Waals surface area contributed by atoms with E-state index in [1.54, 1.807) is 25.1 Å². The van der Waals surface area contributed by atoms with Crippen LogP contribution >= 0.6 is 0 Å². The van der Waals surface area contributed by atoms with E-state index in [4.69, 9.17) is 14.7 Å². The predicted molar refractivity (Wildman–Crippen MR) is 128 cm³/mol. The molecular weight excluding hydrogens is 474 g/mol. The number of fused-ring (bicyclic) bond motifs is 1. The third-order valence-electron chi connectivity index (χ3n) is 5.26. The summed E-state index contributed by atoms with van der Waals surface area (Å²) in [5, 5.41) is 9.47. The Labute approximate surface area is 201 Å². The maximum Gasteiger partial charge on any atom is 0.268 e. The standard InChI is InChI=1S/C26H20F2N2O4S/c1-3-33-13-11-22-21-10-12-30(35(31,32)20-7-4-17(2)5-8-20)25(21)15-24(28)26(22)34-19-6-9-23(27)18(14-19)16-29/h4-15H,3H2,1-2H3. The van der Waals surface area contributed by atoms with Crippen LogP contribution in [0.1, 0.15) is 23.6 Å². The van der Waals surface area contributed by atoms with E-state index in [2.05, 4.69) is 0 Å². The maximum atomic E-state index is 15.4. The fourth-order valence-corrected chi connectivity index (χ4v) is 4.86. The van der Waals surface area contributed by atoms with Crippen molar-refractivity contribution in [1.29, 1.82) is 5.26 Å². The van der Waals surface area contributed by atoms with Crippen LogP contribution in [0.25, 0.3) is 17.0 Å². The van der Waals surface area contributed by atoms with Crippen LogP contribution in [0.3, 0.4) is 0 Å². The van der Waals surface area contributed by atoms with Crippen molar-refractivity contribution in [3.63, 3.8) is 0 Å². The Morgan fingerprint density at radius 2 is 1.80 bits per heavy atom. The molecule has 0 fully saturated rings. The Balaban J connectivity index is 1.89. The van der Waals surface area contributed by atoms with Gasteiger partial charge in [-0.25, -0.2) is 21.2 Å². The van der Waals surface area contributed by atoms with Crippen LogP contribution in [0.2, 0.25) is 0 Å². The Morgan fingerprint density at radius 1 is 1.06 bits per heavy atom. The summed E-state index contributed by atoms with van der Waals surface area (Å²) in [7, 11) is -4.01. The Morgan fingerprint density at radius 3 is 2.49 bits per heavy atom. The number of nitriles is 1. The summed E-state index contributed by atoms with van der Waals surface area (Å²) in [5.41, 5.74) is 0.959. The molecule has 4 rings (SSSR count). The number of aryl methyl sites for hydroxylation is 1. The molecule has 0 aliphatic rings. The number of rotatable bonds is 7. The first-order valence-electron chi connectivity index (χ1n) is 10.6. The van der Waals surface area contributed by atoms with Gasteiger partial charge in [0.05, 0.1) is 28.8 Å². The van der Waals surface area contributed by atoms with E-state index in [1.807, 2.05) is 6.92 Å². The normalized spacial score (nSPS) is 11.6. The second-order valence-corrected chi connectivity index (χ2v) is 9.39. The van der Waals surface area contributed by atoms with Gasteiger partial charge in [0.2, 0.25) is 0 Å². The third-order valence-corrected chi connectivity index (χ3v) is 6.96. The minimum absolute atomic E-state index is 0.0407. The average Bonchev–Trinajstić information content (AvgIpc) is 3.26. The third kappa shape index (κ3) is 4.61. The molecule has 35 heavy (non-hydrogen) atoms. The molecule has 0 atom stereocenters. The fourth-order valence-electron chi connectivity index (χ4n) is 3.52. The van der Waals surface area contributed by atoms with Gasteiger partial charge in [0.1, 0.15) is 17.6 Å². The van der Waals surface area contributed by atoms with Crippen LogP contribution in [0, 0.1) is 29.9 Å². The van der Waals surface area contributed by atoms with Gasteiger partial charge in [-0.15, -0.1) is 0 Å². The van der Waals surface area contributed by atoms with Gasteiger partial charge in [0.25, 0.3) is 10.0 Å². The zero-order chi connectivity index (χ0) is 25.2. The second-order valence-electron chi connectivity index (χ2n) is 7.58. The molecule has 4 aromatic rings. The summed E-state index contributed by atoms with van der Waals surface area (Å²) < 4.78 is 67.6. The number of ether oxygens (including phenoxy) is 2. The summed E-state index contributed by atoms with van der Waals surface area (Å²) in [6, 6.07) is 14.1. The van der Waals surface area contributed by atoms with E-state index in [0.29, 0.717) is 12.0 Å². The molecule has 9 heteroatoms. The van der Waals surface area contributed by atoms with E-state index >= 15 is 4.39 Å². The molecule has 178 valence electrons. The summed E-state index contributed by atoms with van der Waals surface area (Å²) in [4.78, 5) is 0.0584. The van der Waals surface area contributed by atoms with Gasteiger partial charge in [0, 0.05) is 29.3 Å². The van der Waals surface area contributed by atoms with Crippen molar-refractivity contribution < 1.29 is 26.7 Å². The smallest absolute Gasteiger partial charge is 0.268 e. The quantitative estimate of drug-likeness (QED) is 0.289. The molecule has 0 unspecified atom stereocenters. The fraction of sp³-hybridized carbons (Fsp3) is 0.115. The highest BCUT2D eigenvalue weighted by molar-refractivity contribution is 7.90. The van der Waals surface area contributed by atoms with Gasteiger partial charge in [-0.1, -0.05) is 17.7 Å². The minimum Gasteiger partial charge on any atom is -0.501 e. The average molecular weight is 495 g/mol. The van der Waals surface area contributed by atoms with Gasteiger partial charge < -0.3 is 9.47 Å². The predicted octanol–water partition coefficient (Wildman–Crippen LogP) is 6.14. The number of halogens is 2. The molecule has 0 aliphatic carbocycles. The summed E-state index contributed by atoms with van der Waals surface area (Å²) in [5.74, 6) is -1.77. The van der Waals surface area contributed by atoms with Crippen molar-refractivity contribution in [2.45, 2.75) is 18.7 Å². The molecule has 0 saturated carbocycles. The molecule has 0 bridgehead atoms. The topological polar surface area (TPSA) is 81.3 Å². The van der Waals surface area contributed by atoms with E-state index in [9.17, 15) is 12.8 Å². The molecule has 0 radical (unpaired) electrons. The molecule has 0 N–H and O–H groups in total. The van der Waals surface area contributed by atoms with Crippen molar-refractivity contribution in [3.8, 4) is 17.6 Å². The first kappa shape index (κ1) is 24.0. The van der Waals surface area contributed by atoms with Crippen LogP contribution < -0.4 is 4.74 Å². The van der Waals surface area contributed by atoms with E-state index in [0.717, 1.165) is 27.7 Å². The highest BCUT2D eigenvalue weighted by atomic mass is 32.2. The largest absolute Gasteiger partial charge is 0.501 e. The first-order chi connectivity index (χ1) is 16.8. The second kappa shape index (κ2) is 9.60. The van der Waals surface area contributed by atoms with Gasteiger partial charge in [-0.3, -0.25) is 0 Å². The lowest BCUT2D eigenvalue weighted by Crippen LogP contribution is -2.12. The summed E-state index contributed by atoms with van der Waals surface area (Å²) in [6.45, 7) is 3.98. The molecular formula is C26H20F2N2O4S. The zero-order valence-corrected chi connectivity index (χ0v) is 19.6. The lowest BCUT2D eigenvalue weighted by atomic mass is 10.1. The van der Waals surface area contributed by atoms with Gasteiger partial charge in [0.15, 0.2) is 11.6 Å². The van der Waals surface area contributed by atoms with Gasteiger partial charge >= 0.3 is 0 Å². The molecule has 0 aliphatic heterocycles. The lowest BCUT2D eigenvalue weighted by molar-refractivity contribution is 0.272. The van der Waals surface area contributed by atoms with Crippen molar-refractivity contribution in [2.24, 2.45) is 0 Å². The van der Waals surface area contributed by atoms with Crippen LogP contribution in [-0.4, -0.2) is 19.0 Å². The lowest BCUT2D eigenvalue weighted by Gasteiger charge is -2.13. The minimum atomic E-state index is -4.01. The number of aromatic nitrogens is 1. The molecule has 0 spiro atoms. The van der Waals surface area contributed by atoms with Crippen molar-refractivity contribution in [1.82, 2.24) is 3.97 Å². The van der Waals surface area contributed by atoms with Crippen LogP contribution in [-0.2, 0) is 14.8 Å². The monoisotopic (exact) mass is 494 g/mol.